The van der Waals surface area contributed by atoms with Crippen molar-refractivity contribution in [3.63, 3.8) is 0 Å². The summed E-state index contributed by atoms with van der Waals surface area (Å²) in [5.74, 6) is -0.473. The summed E-state index contributed by atoms with van der Waals surface area (Å²) in [6.45, 7) is 2.00. The van der Waals surface area contributed by atoms with Gasteiger partial charge >= 0.3 is 13.1 Å². The van der Waals surface area contributed by atoms with Crippen LogP contribution in [-0.2, 0) is 4.74 Å². The standard InChI is InChI=1S/C11H11BBrNO4/c1-2-18-11(15)9-5-6-8(13)4-3-7(12(16)17)10(6)14-9/h3-5,14,16-17H,2H2,1H3. The largest absolute Gasteiger partial charge is 0.490 e. The molecule has 2 rings (SSSR count). The number of rotatable bonds is 3. The van der Waals surface area contributed by atoms with Crippen molar-refractivity contribution in [2.75, 3.05) is 6.61 Å². The van der Waals surface area contributed by atoms with E-state index in [0.717, 1.165) is 4.47 Å². The molecular weight excluding hydrogens is 301 g/mol. The van der Waals surface area contributed by atoms with Gasteiger partial charge in [-0.2, -0.15) is 0 Å². The normalized spacial score (nSPS) is 10.7. The lowest BCUT2D eigenvalue weighted by Crippen LogP contribution is -2.30. The second-order valence-electron chi connectivity index (χ2n) is 3.70. The van der Waals surface area contributed by atoms with Gasteiger partial charge in [0.2, 0.25) is 0 Å². The van der Waals surface area contributed by atoms with E-state index in [2.05, 4.69) is 20.9 Å². The van der Waals surface area contributed by atoms with Gasteiger partial charge in [-0.05, 0) is 19.1 Å². The van der Waals surface area contributed by atoms with E-state index in [9.17, 15) is 14.8 Å². The quantitative estimate of drug-likeness (QED) is 0.578. The minimum absolute atomic E-state index is 0.278. The summed E-state index contributed by atoms with van der Waals surface area (Å²) >= 11 is 3.35. The fourth-order valence-corrected chi connectivity index (χ4v) is 2.19. The van der Waals surface area contributed by atoms with E-state index in [1.165, 1.54) is 0 Å². The molecule has 1 aromatic carbocycles. The molecule has 2 aromatic rings. The van der Waals surface area contributed by atoms with Crippen LogP contribution in [0.1, 0.15) is 17.4 Å². The van der Waals surface area contributed by atoms with Gasteiger partial charge in [0.1, 0.15) is 5.69 Å². The van der Waals surface area contributed by atoms with Crippen molar-refractivity contribution in [2.24, 2.45) is 0 Å². The van der Waals surface area contributed by atoms with E-state index >= 15 is 0 Å². The van der Waals surface area contributed by atoms with Crippen LogP contribution in [0.25, 0.3) is 10.9 Å². The first-order valence-corrected chi connectivity index (χ1v) is 6.18. The Morgan fingerprint density at radius 3 is 2.83 bits per heavy atom. The Hall–Kier alpha value is -1.31. The lowest BCUT2D eigenvalue weighted by Gasteiger charge is -2.02. The van der Waals surface area contributed by atoms with Crippen LogP contribution >= 0.6 is 15.9 Å². The molecule has 0 bridgehead atoms. The van der Waals surface area contributed by atoms with Gasteiger partial charge in [0, 0.05) is 20.8 Å². The molecule has 0 saturated carbocycles. The minimum Gasteiger partial charge on any atom is -0.461 e. The van der Waals surface area contributed by atoms with Crippen LogP contribution < -0.4 is 5.46 Å². The van der Waals surface area contributed by atoms with Crippen molar-refractivity contribution in [3.05, 3.63) is 28.4 Å². The Morgan fingerprint density at radius 2 is 2.22 bits per heavy atom. The van der Waals surface area contributed by atoms with Crippen LogP contribution in [-0.4, -0.2) is 34.7 Å². The number of H-pyrrole nitrogens is 1. The number of carbonyl (C=O) groups excluding carboxylic acids is 1. The summed E-state index contributed by atoms with van der Waals surface area (Å²) in [6.07, 6.45) is 0. The molecule has 3 N–H and O–H groups in total. The Balaban J connectivity index is 2.59. The number of hydrogen-bond acceptors (Lipinski definition) is 4. The third kappa shape index (κ3) is 2.29. The van der Waals surface area contributed by atoms with Crippen molar-refractivity contribution >= 4 is 45.4 Å². The number of aromatic nitrogens is 1. The van der Waals surface area contributed by atoms with Gasteiger partial charge < -0.3 is 19.8 Å². The van der Waals surface area contributed by atoms with E-state index in [0.29, 0.717) is 16.4 Å². The monoisotopic (exact) mass is 311 g/mol. The number of halogens is 1. The number of aromatic amines is 1. The average molecular weight is 312 g/mol. The van der Waals surface area contributed by atoms with Crippen LogP contribution in [0.5, 0.6) is 0 Å². The van der Waals surface area contributed by atoms with Gasteiger partial charge in [0.05, 0.1) is 6.61 Å². The molecule has 0 aliphatic rings. The molecule has 0 aliphatic carbocycles. The topological polar surface area (TPSA) is 82.6 Å². The Labute approximate surface area is 112 Å². The van der Waals surface area contributed by atoms with E-state index in [-0.39, 0.29) is 12.3 Å². The molecule has 0 unspecified atom stereocenters. The second-order valence-corrected chi connectivity index (χ2v) is 4.56. The summed E-state index contributed by atoms with van der Waals surface area (Å²) in [5, 5.41) is 19.2. The van der Waals surface area contributed by atoms with Crippen molar-refractivity contribution in [1.29, 1.82) is 0 Å². The molecule has 0 aliphatic heterocycles. The first-order valence-electron chi connectivity index (χ1n) is 5.39. The first kappa shape index (κ1) is 13.1. The molecule has 7 heteroatoms. The molecule has 0 atom stereocenters. The smallest absolute Gasteiger partial charge is 0.461 e. The highest BCUT2D eigenvalue weighted by atomic mass is 79.9. The molecule has 0 radical (unpaired) electrons. The van der Waals surface area contributed by atoms with Crippen molar-refractivity contribution in [2.45, 2.75) is 6.92 Å². The molecular formula is C11H11BBrNO4. The highest BCUT2D eigenvalue weighted by Crippen LogP contribution is 2.24. The maximum absolute atomic E-state index is 11.6. The zero-order chi connectivity index (χ0) is 13.3. The summed E-state index contributed by atoms with van der Waals surface area (Å²) in [4.78, 5) is 14.5. The fourth-order valence-electron chi connectivity index (χ4n) is 1.74. The third-order valence-electron chi connectivity index (χ3n) is 2.55. The van der Waals surface area contributed by atoms with Crippen LogP contribution in [0.2, 0.25) is 0 Å². The van der Waals surface area contributed by atoms with Crippen LogP contribution in [0.15, 0.2) is 22.7 Å². The SMILES string of the molecule is CCOC(=O)c1cc2c(Br)ccc(B(O)O)c2[nH]1. The Bertz CT molecular complexity index is 596. The van der Waals surface area contributed by atoms with Gasteiger partial charge in [0.25, 0.3) is 0 Å². The number of benzene rings is 1. The van der Waals surface area contributed by atoms with Crippen LogP contribution in [0, 0.1) is 0 Å². The predicted molar refractivity (Wildman–Crippen MR) is 71.8 cm³/mol. The van der Waals surface area contributed by atoms with Gasteiger partial charge in [-0.1, -0.05) is 22.0 Å². The molecule has 1 heterocycles. The van der Waals surface area contributed by atoms with Gasteiger partial charge in [0.15, 0.2) is 0 Å². The number of hydrogen-bond donors (Lipinski definition) is 3. The summed E-state index contributed by atoms with van der Waals surface area (Å²) in [7, 11) is -1.60. The summed E-state index contributed by atoms with van der Waals surface area (Å²) < 4.78 is 5.65. The van der Waals surface area contributed by atoms with E-state index in [1.54, 1.807) is 25.1 Å². The van der Waals surface area contributed by atoms with E-state index in [1.807, 2.05) is 0 Å². The number of esters is 1. The number of nitrogens with one attached hydrogen (secondary N) is 1. The van der Waals surface area contributed by atoms with Gasteiger partial charge in [-0.25, -0.2) is 4.79 Å². The van der Waals surface area contributed by atoms with Gasteiger partial charge in [-0.15, -0.1) is 0 Å². The maximum atomic E-state index is 11.6. The molecule has 0 saturated heterocycles. The van der Waals surface area contributed by atoms with E-state index in [4.69, 9.17) is 4.74 Å². The molecule has 1 aromatic heterocycles. The van der Waals surface area contributed by atoms with Crippen molar-refractivity contribution < 1.29 is 19.6 Å². The molecule has 0 amide bonds. The van der Waals surface area contributed by atoms with Gasteiger partial charge in [-0.3, -0.25) is 0 Å². The molecule has 94 valence electrons. The molecule has 0 fully saturated rings. The highest BCUT2D eigenvalue weighted by molar-refractivity contribution is 9.10. The van der Waals surface area contributed by atoms with Crippen molar-refractivity contribution in [3.8, 4) is 0 Å². The zero-order valence-electron chi connectivity index (χ0n) is 9.61. The first-order chi connectivity index (χ1) is 8.54. The van der Waals surface area contributed by atoms with Crippen molar-refractivity contribution in [1.82, 2.24) is 4.98 Å². The zero-order valence-corrected chi connectivity index (χ0v) is 11.2. The lowest BCUT2D eigenvalue weighted by atomic mass is 9.79. The second kappa shape index (κ2) is 5.13. The molecule has 18 heavy (non-hydrogen) atoms. The molecule has 0 spiro atoms. The summed E-state index contributed by atoms with van der Waals surface area (Å²) in [5.41, 5.74) is 1.09. The fraction of sp³-hybridized carbons (Fsp3) is 0.182. The minimum atomic E-state index is -1.60. The van der Waals surface area contributed by atoms with Crippen LogP contribution in [0.3, 0.4) is 0 Å². The average Bonchev–Trinajstić information content (AvgIpc) is 2.75. The maximum Gasteiger partial charge on any atom is 0.490 e. The predicted octanol–water partition coefficient (Wildman–Crippen LogP) is 0.787. The third-order valence-corrected chi connectivity index (χ3v) is 3.24. The highest BCUT2D eigenvalue weighted by Gasteiger charge is 2.20. The Kier molecular flexibility index (Phi) is 3.75. The van der Waals surface area contributed by atoms with Crippen LogP contribution in [0.4, 0.5) is 0 Å². The summed E-state index contributed by atoms with van der Waals surface area (Å²) in [6, 6.07) is 4.88. The lowest BCUT2D eigenvalue weighted by molar-refractivity contribution is 0.0520. The number of fused-ring (bicyclic) bond motifs is 1. The molecule has 5 nitrogen and oxygen atoms in total. The Morgan fingerprint density at radius 1 is 1.50 bits per heavy atom. The number of carbonyl (C=O) groups is 1. The number of ether oxygens (including phenoxy) is 1. The van der Waals surface area contributed by atoms with E-state index < -0.39 is 13.1 Å².